The smallest absolute Gasteiger partial charge is 0.253 e. The fourth-order valence-corrected chi connectivity index (χ4v) is 3.83. The van der Waals surface area contributed by atoms with E-state index in [1.807, 2.05) is 31.2 Å². The fourth-order valence-electron chi connectivity index (χ4n) is 3.83. The van der Waals surface area contributed by atoms with Crippen LogP contribution in [0, 0.1) is 0 Å². The summed E-state index contributed by atoms with van der Waals surface area (Å²) in [6.07, 6.45) is 1.52. The zero-order valence-corrected chi connectivity index (χ0v) is 20.5. The number of ether oxygens (including phenoxy) is 3. The quantitative estimate of drug-likeness (QED) is 0.303. The molecule has 1 aromatic carbocycles. The molecule has 5 aromatic rings. The molecule has 5 rings (SSSR count). The van der Waals surface area contributed by atoms with E-state index >= 15 is 0 Å². The molecule has 190 valence electrons. The molecule has 1 amide bonds. The van der Waals surface area contributed by atoms with Crippen LogP contribution in [0.15, 0.2) is 53.2 Å². The molecule has 0 saturated carbocycles. The molecule has 0 saturated heterocycles. The maximum absolute atomic E-state index is 12.4. The molecule has 0 unspecified atom stereocenters. The summed E-state index contributed by atoms with van der Waals surface area (Å²) in [6.45, 7) is 2.72. The summed E-state index contributed by atoms with van der Waals surface area (Å²) in [5.74, 6) is 1.13. The van der Waals surface area contributed by atoms with Crippen molar-refractivity contribution in [2.24, 2.45) is 0 Å². The van der Waals surface area contributed by atoms with Gasteiger partial charge >= 0.3 is 0 Å². The summed E-state index contributed by atoms with van der Waals surface area (Å²) in [5, 5.41) is 21.8. The molecule has 0 aliphatic carbocycles. The number of aromatic nitrogens is 6. The minimum atomic E-state index is -0.218. The van der Waals surface area contributed by atoms with Crippen LogP contribution < -0.4 is 10.1 Å². The highest BCUT2D eigenvalue weighted by Crippen LogP contribution is 2.29. The van der Waals surface area contributed by atoms with Crippen molar-refractivity contribution in [1.82, 2.24) is 35.3 Å². The van der Waals surface area contributed by atoms with E-state index in [1.54, 1.807) is 36.9 Å². The number of amides is 1. The van der Waals surface area contributed by atoms with Crippen molar-refractivity contribution in [2.45, 2.75) is 26.2 Å². The number of carbonyl (C=O) groups is 1. The van der Waals surface area contributed by atoms with Gasteiger partial charge in [-0.3, -0.25) is 9.78 Å². The van der Waals surface area contributed by atoms with E-state index in [0.717, 1.165) is 10.8 Å². The zero-order chi connectivity index (χ0) is 25.8. The monoisotopic (exact) mass is 503 g/mol. The van der Waals surface area contributed by atoms with Crippen LogP contribution in [-0.2, 0) is 22.7 Å². The summed E-state index contributed by atoms with van der Waals surface area (Å²) >= 11 is 0. The minimum Gasteiger partial charge on any atom is -0.470 e. The fraction of sp³-hybridized carbons (Fsp3) is 0.280. The Morgan fingerprint density at radius 2 is 1.92 bits per heavy atom. The highest BCUT2D eigenvalue weighted by atomic mass is 16.5. The lowest BCUT2D eigenvalue weighted by molar-refractivity contribution is 0.0905. The second-order valence-electron chi connectivity index (χ2n) is 8.38. The molecule has 4 aromatic heterocycles. The zero-order valence-electron chi connectivity index (χ0n) is 20.5. The average molecular weight is 504 g/mol. The van der Waals surface area contributed by atoms with Gasteiger partial charge in [-0.15, -0.1) is 15.3 Å². The second kappa shape index (κ2) is 10.7. The van der Waals surface area contributed by atoms with E-state index in [-0.39, 0.29) is 25.2 Å². The third kappa shape index (κ3) is 5.10. The van der Waals surface area contributed by atoms with Crippen LogP contribution in [-0.4, -0.2) is 62.7 Å². The van der Waals surface area contributed by atoms with Crippen molar-refractivity contribution >= 4 is 22.3 Å². The molecule has 0 aliphatic rings. The van der Waals surface area contributed by atoms with Gasteiger partial charge in [-0.1, -0.05) is 23.4 Å². The summed E-state index contributed by atoms with van der Waals surface area (Å²) in [6, 6.07) is 12.7. The Morgan fingerprint density at radius 1 is 1.08 bits per heavy atom. The van der Waals surface area contributed by atoms with Crippen molar-refractivity contribution in [3.8, 4) is 17.4 Å². The Hall–Kier alpha value is -4.42. The minimum absolute atomic E-state index is 0.110. The predicted octanol–water partition coefficient (Wildman–Crippen LogP) is 2.82. The Balaban J connectivity index is 1.40. The molecule has 0 spiro atoms. The van der Waals surface area contributed by atoms with E-state index in [9.17, 15) is 4.79 Å². The van der Waals surface area contributed by atoms with Crippen LogP contribution in [0.3, 0.4) is 0 Å². The predicted molar refractivity (Wildman–Crippen MR) is 132 cm³/mol. The van der Waals surface area contributed by atoms with E-state index < -0.39 is 0 Å². The number of carbonyl (C=O) groups excluding carboxylic acids is 1. The standard InChI is InChI=1S/C25H25N7O5/c1-15(12-34-2)27-24(33)16-8-9-17(26-11-16)13-36-25-20-7-5-4-6-19(20)22-28-29-23(32(22)30-25)21-10-18(14-35-3)37-31-21/h4-11,15H,12-14H2,1-3H3,(H,27,33)/t15-/m0/s1. The molecular weight excluding hydrogens is 478 g/mol. The van der Waals surface area contributed by atoms with Crippen LogP contribution in [0.2, 0.25) is 0 Å². The van der Waals surface area contributed by atoms with Gasteiger partial charge in [0.1, 0.15) is 13.2 Å². The summed E-state index contributed by atoms with van der Waals surface area (Å²) in [4.78, 5) is 16.7. The van der Waals surface area contributed by atoms with Crippen LogP contribution >= 0.6 is 0 Å². The number of pyridine rings is 1. The number of rotatable bonds is 10. The van der Waals surface area contributed by atoms with Gasteiger partial charge in [0.15, 0.2) is 17.1 Å². The molecule has 37 heavy (non-hydrogen) atoms. The Kier molecular flexibility index (Phi) is 7.01. The summed E-state index contributed by atoms with van der Waals surface area (Å²) < 4.78 is 23.1. The number of methoxy groups -OCH3 is 2. The van der Waals surface area contributed by atoms with Gasteiger partial charge in [0.2, 0.25) is 11.7 Å². The van der Waals surface area contributed by atoms with Crippen molar-refractivity contribution < 1.29 is 23.5 Å². The maximum atomic E-state index is 12.4. The first kappa shape index (κ1) is 24.3. The van der Waals surface area contributed by atoms with Crippen molar-refractivity contribution in [2.75, 3.05) is 20.8 Å². The van der Waals surface area contributed by atoms with Crippen LogP contribution in [0.1, 0.15) is 28.7 Å². The number of nitrogens with one attached hydrogen (secondary N) is 1. The van der Waals surface area contributed by atoms with Gasteiger partial charge in [0, 0.05) is 43.3 Å². The van der Waals surface area contributed by atoms with Gasteiger partial charge < -0.3 is 24.1 Å². The SMILES string of the molecule is COCc1cc(-c2nnc3c4ccccc4c(OCc4ccc(C(=O)N[C@@H](C)COC)cn4)nn23)no1. The number of benzene rings is 1. The third-order valence-electron chi connectivity index (χ3n) is 5.54. The van der Waals surface area contributed by atoms with E-state index in [4.69, 9.17) is 18.7 Å². The number of hydrogen-bond donors (Lipinski definition) is 1. The average Bonchev–Trinajstić information content (AvgIpc) is 3.55. The normalized spacial score (nSPS) is 12.2. The topological polar surface area (TPSA) is 139 Å². The summed E-state index contributed by atoms with van der Waals surface area (Å²) in [7, 11) is 3.17. The van der Waals surface area contributed by atoms with E-state index in [0.29, 0.717) is 46.7 Å². The largest absolute Gasteiger partial charge is 0.470 e. The van der Waals surface area contributed by atoms with Gasteiger partial charge in [0.25, 0.3) is 5.91 Å². The Morgan fingerprint density at radius 3 is 2.68 bits per heavy atom. The molecule has 0 radical (unpaired) electrons. The highest BCUT2D eigenvalue weighted by molar-refractivity contribution is 5.97. The molecule has 4 heterocycles. The lowest BCUT2D eigenvalue weighted by Crippen LogP contribution is -2.35. The number of nitrogens with zero attached hydrogens (tertiary/aromatic N) is 6. The van der Waals surface area contributed by atoms with E-state index in [2.05, 4.69) is 30.8 Å². The van der Waals surface area contributed by atoms with Gasteiger partial charge in [-0.25, -0.2) is 0 Å². The van der Waals surface area contributed by atoms with Gasteiger partial charge in [-0.2, -0.15) is 4.52 Å². The van der Waals surface area contributed by atoms with Crippen LogP contribution in [0.5, 0.6) is 5.88 Å². The van der Waals surface area contributed by atoms with Gasteiger partial charge in [-0.05, 0) is 25.1 Å². The molecule has 1 N–H and O–H groups in total. The van der Waals surface area contributed by atoms with Crippen molar-refractivity contribution in [3.63, 3.8) is 0 Å². The maximum Gasteiger partial charge on any atom is 0.253 e. The first-order valence-corrected chi connectivity index (χ1v) is 11.5. The van der Waals surface area contributed by atoms with Crippen molar-refractivity contribution in [1.29, 1.82) is 0 Å². The molecule has 12 nitrogen and oxygen atoms in total. The third-order valence-corrected chi connectivity index (χ3v) is 5.54. The first-order valence-electron chi connectivity index (χ1n) is 11.5. The number of fused-ring (bicyclic) bond motifs is 3. The lowest BCUT2D eigenvalue weighted by atomic mass is 10.2. The molecule has 12 heteroatoms. The van der Waals surface area contributed by atoms with Crippen molar-refractivity contribution in [3.05, 3.63) is 65.7 Å². The molecule has 1 atom stereocenters. The van der Waals surface area contributed by atoms with Gasteiger partial charge in [0.05, 0.1) is 17.9 Å². The van der Waals surface area contributed by atoms with E-state index in [1.165, 1.54) is 6.20 Å². The Bertz CT molecular complexity index is 1530. The lowest BCUT2D eigenvalue weighted by Gasteiger charge is -2.13. The molecular formula is C25H25N7O5. The first-order chi connectivity index (χ1) is 18.1. The molecule has 0 fully saturated rings. The van der Waals surface area contributed by atoms with Crippen LogP contribution in [0.25, 0.3) is 27.9 Å². The Labute approximate surface area is 211 Å². The number of hydrogen-bond acceptors (Lipinski definition) is 10. The summed E-state index contributed by atoms with van der Waals surface area (Å²) in [5.41, 5.74) is 2.12. The second-order valence-corrected chi connectivity index (χ2v) is 8.38. The molecule has 0 aliphatic heterocycles. The van der Waals surface area contributed by atoms with Crippen LogP contribution in [0.4, 0.5) is 0 Å². The highest BCUT2D eigenvalue weighted by Gasteiger charge is 2.19. The molecule has 0 bridgehead atoms.